The molecule has 0 unspecified atom stereocenters. The maximum Gasteiger partial charge on any atom is 0.230 e. The van der Waals surface area contributed by atoms with E-state index < -0.39 is 0 Å². The van der Waals surface area contributed by atoms with Crippen LogP contribution in [0.15, 0.2) is 48.5 Å². The molecule has 0 aromatic heterocycles. The van der Waals surface area contributed by atoms with Gasteiger partial charge in [-0.05, 0) is 62.4 Å². The van der Waals surface area contributed by atoms with Crippen molar-refractivity contribution in [2.24, 2.45) is 0 Å². The summed E-state index contributed by atoms with van der Waals surface area (Å²) in [5.74, 6) is 2.41. The van der Waals surface area contributed by atoms with Gasteiger partial charge >= 0.3 is 0 Å². The van der Waals surface area contributed by atoms with Crippen molar-refractivity contribution in [3.63, 3.8) is 0 Å². The van der Waals surface area contributed by atoms with Gasteiger partial charge in [0.2, 0.25) is 5.91 Å². The van der Waals surface area contributed by atoms with E-state index in [9.17, 15) is 4.79 Å². The molecule has 0 radical (unpaired) electrons. The largest absolute Gasteiger partial charge is 0.491 e. The van der Waals surface area contributed by atoms with E-state index in [-0.39, 0.29) is 12.0 Å². The van der Waals surface area contributed by atoms with E-state index in [2.05, 4.69) is 36.5 Å². The number of thioether (sulfide) groups is 1. The number of carbonyl (C=O) groups excluding carboxylic acids is 1. The first-order chi connectivity index (χ1) is 12.5. The van der Waals surface area contributed by atoms with Gasteiger partial charge in [0, 0.05) is 12.3 Å². The third kappa shape index (κ3) is 7.52. The number of benzene rings is 2. The van der Waals surface area contributed by atoms with Crippen LogP contribution in [0.1, 0.15) is 37.0 Å². The summed E-state index contributed by atoms with van der Waals surface area (Å²) in [5.41, 5.74) is 3.82. The Bertz CT molecular complexity index is 700. The Morgan fingerprint density at radius 3 is 2.73 bits per heavy atom. The topological polar surface area (TPSA) is 38.3 Å². The van der Waals surface area contributed by atoms with Gasteiger partial charge in [0.25, 0.3) is 0 Å². The van der Waals surface area contributed by atoms with Crippen LogP contribution in [0.2, 0.25) is 0 Å². The predicted octanol–water partition coefficient (Wildman–Crippen LogP) is 4.76. The van der Waals surface area contributed by atoms with Crippen LogP contribution in [-0.4, -0.2) is 24.3 Å². The third-order valence-electron chi connectivity index (χ3n) is 3.99. The van der Waals surface area contributed by atoms with Gasteiger partial charge in [-0.1, -0.05) is 36.4 Å². The minimum absolute atomic E-state index is 0.112. The Labute approximate surface area is 161 Å². The molecule has 2 aromatic carbocycles. The number of aryl methyl sites for hydroxylation is 2. The summed E-state index contributed by atoms with van der Waals surface area (Å²) in [6, 6.07) is 16.5. The fourth-order valence-electron chi connectivity index (χ4n) is 2.64. The highest BCUT2D eigenvalue weighted by molar-refractivity contribution is 7.99. The molecule has 1 N–H and O–H groups in total. The molecule has 3 nitrogen and oxygen atoms in total. The Morgan fingerprint density at radius 2 is 1.96 bits per heavy atom. The van der Waals surface area contributed by atoms with Gasteiger partial charge in [0.15, 0.2) is 0 Å². The van der Waals surface area contributed by atoms with E-state index in [4.69, 9.17) is 4.74 Å². The van der Waals surface area contributed by atoms with E-state index in [0.717, 1.165) is 24.3 Å². The Kier molecular flexibility index (Phi) is 8.56. The fraction of sp³-hybridized carbons (Fsp3) is 0.409. The van der Waals surface area contributed by atoms with Crippen LogP contribution >= 0.6 is 11.8 Å². The molecule has 4 heteroatoms. The number of carbonyl (C=O) groups is 1. The molecule has 0 saturated carbocycles. The molecule has 0 heterocycles. The summed E-state index contributed by atoms with van der Waals surface area (Å²) < 4.78 is 5.72. The number of amides is 1. The molecular weight excluding hydrogens is 342 g/mol. The lowest BCUT2D eigenvalue weighted by atomic mass is 10.1. The number of hydrogen-bond acceptors (Lipinski definition) is 3. The van der Waals surface area contributed by atoms with Crippen molar-refractivity contribution in [3.05, 3.63) is 65.2 Å². The lowest BCUT2D eigenvalue weighted by molar-refractivity contribution is -0.118. The predicted molar refractivity (Wildman–Crippen MR) is 111 cm³/mol. The Morgan fingerprint density at radius 1 is 1.15 bits per heavy atom. The summed E-state index contributed by atoms with van der Waals surface area (Å²) in [6.45, 7) is 6.87. The highest BCUT2D eigenvalue weighted by Gasteiger charge is 2.04. The van der Waals surface area contributed by atoms with E-state index in [1.165, 1.54) is 16.7 Å². The molecule has 0 fully saturated rings. The summed E-state index contributed by atoms with van der Waals surface area (Å²) in [4.78, 5) is 12.0. The van der Waals surface area contributed by atoms with Gasteiger partial charge < -0.3 is 10.1 Å². The molecule has 1 amide bonds. The summed E-state index contributed by atoms with van der Waals surface area (Å²) in [5, 5.41) is 3.01. The van der Waals surface area contributed by atoms with Crippen LogP contribution in [0.3, 0.4) is 0 Å². The smallest absolute Gasteiger partial charge is 0.230 e. The Balaban J connectivity index is 1.62. The number of nitrogens with one attached hydrogen (secondary N) is 1. The summed E-state index contributed by atoms with van der Waals surface area (Å²) >= 11 is 1.66. The van der Waals surface area contributed by atoms with Crippen LogP contribution < -0.4 is 10.1 Å². The van der Waals surface area contributed by atoms with E-state index in [1.807, 2.05) is 38.1 Å². The van der Waals surface area contributed by atoms with Crippen molar-refractivity contribution in [2.45, 2.75) is 45.5 Å². The Hall–Kier alpha value is -1.94. The van der Waals surface area contributed by atoms with Crippen LogP contribution in [0.4, 0.5) is 0 Å². The summed E-state index contributed by atoms with van der Waals surface area (Å²) in [7, 11) is 0. The zero-order valence-corrected chi connectivity index (χ0v) is 16.8. The average molecular weight is 372 g/mol. The van der Waals surface area contributed by atoms with Crippen molar-refractivity contribution >= 4 is 17.7 Å². The first kappa shape index (κ1) is 20.4. The van der Waals surface area contributed by atoms with Crippen LogP contribution in [-0.2, 0) is 17.0 Å². The van der Waals surface area contributed by atoms with Crippen LogP contribution in [0, 0.1) is 6.92 Å². The van der Waals surface area contributed by atoms with E-state index in [1.54, 1.807) is 11.8 Å². The first-order valence-corrected chi connectivity index (χ1v) is 10.3. The molecule has 2 rings (SSSR count). The molecular formula is C22H29NO2S. The molecule has 26 heavy (non-hydrogen) atoms. The van der Waals surface area contributed by atoms with Crippen molar-refractivity contribution < 1.29 is 9.53 Å². The third-order valence-corrected chi connectivity index (χ3v) is 4.97. The van der Waals surface area contributed by atoms with Crippen molar-refractivity contribution in [2.75, 3.05) is 12.3 Å². The molecule has 0 atom stereocenters. The van der Waals surface area contributed by atoms with Gasteiger partial charge in [-0.25, -0.2) is 0 Å². The highest BCUT2D eigenvalue weighted by Crippen LogP contribution is 2.17. The van der Waals surface area contributed by atoms with E-state index >= 15 is 0 Å². The minimum Gasteiger partial charge on any atom is -0.491 e. The maximum atomic E-state index is 12.0. The average Bonchev–Trinajstić information content (AvgIpc) is 2.60. The molecule has 2 aromatic rings. The molecule has 0 spiro atoms. The van der Waals surface area contributed by atoms with Gasteiger partial charge in [-0.3, -0.25) is 4.79 Å². The SMILES string of the molecule is Cc1ccccc1CSCC(=O)NCCCc1cccc(OC(C)C)c1. The zero-order valence-electron chi connectivity index (χ0n) is 16.0. The number of rotatable bonds is 10. The second-order valence-electron chi connectivity index (χ2n) is 6.69. The van der Waals surface area contributed by atoms with Crippen molar-refractivity contribution in [1.29, 1.82) is 0 Å². The van der Waals surface area contributed by atoms with Crippen molar-refractivity contribution in [1.82, 2.24) is 5.32 Å². The van der Waals surface area contributed by atoms with Gasteiger partial charge in [-0.2, -0.15) is 0 Å². The maximum absolute atomic E-state index is 12.0. The number of ether oxygens (including phenoxy) is 1. The first-order valence-electron chi connectivity index (χ1n) is 9.19. The van der Waals surface area contributed by atoms with E-state index in [0.29, 0.717) is 12.3 Å². The standard InChI is InChI=1S/C22H29NO2S/c1-17(2)25-21-12-6-9-19(14-21)10-7-13-23-22(24)16-26-15-20-11-5-4-8-18(20)3/h4-6,8-9,11-12,14,17H,7,10,13,15-16H2,1-3H3,(H,23,24). The molecule has 0 aliphatic rings. The molecule has 0 aliphatic carbocycles. The molecule has 140 valence electrons. The molecule has 0 aliphatic heterocycles. The summed E-state index contributed by atoms with van der Waals surface area (Å²) in [6.07, 6.45) is 2.05. The van der Waals surface area contributed by atoms with Gasteiger partial charge in [0.05, 0.1) is 11.9 Å². The monoisotopic (exact) mass is 371 g/mol. The quantitative estimate of drug-likeness (QED) is 0.612. The van der Waals surface area contributed by atoms with Gasteiger partial charge in [0.1, 0.15) is 5.75 Å². The lowest BCUT2D eigenvalue weighted by Gasteiger charge is -2.11. The second-order valence-corrected chi connectivity index (χ2v) is 7.67. The van der Waals surface area contributed by atoms with Crippen LogP contribution in [0.25, 0.3) is 0 Å². The number of hydrogen-bond donors (Lipinski definition) is 1. The normalized spacial score (nSPS) is 10.8. The minimum atomic E-state index is 0.112. The van der Waals surface area contributed by atoms with Gasteiger partial charge in [-0.15, -0.1) is 11.8 Å². The molecule has 0 saturated heterocycles. The second kappa shape index (κ2) is 10.9. The fourth-order valence-corrected chi connectivity index (χ4v) is 3.58. The highest BCUT2D eigenvalue weighted by atomic mass is 32.2. The van der Waals surface area contributed by atoms with Crippen LogP contribution in [0.5, 0.6) is 5.75 Å². The zero-order chi connectivity index (χ0) is 18.8. The lowest BCUT2D eigenvalue weighted by Crippen LogP contribution is -2.26. The molecule has 0 bridgehead atoms. The van der Waals surface area contributed by atoms with Crippen molar-refractivity contribution in [3.8, 4) is 5.75 Å².